The van der Waals surface area contributed by atoms with Crippen molar-refractivity contribution in [3.05, 3.63) is 91.0 Å². The molecule has 1 N–H and O–H groups in total. The van der Waals surface area contributed by atoms with E-state index >= 15 is 0 Å². The summed E-state index contributed by atoms with van der Waals surface area (Å²) in [7, 11) is 0. The van der Waals surface area contributed by atoms with Crippen LogP contribution in [0.2, 0.25) is 0 Å². The van der Waals surface area contributed by atoms with Crippen molar-refractivity contribution >= 4 is 50.6 Å². The summed E-state index contributed by atoms with van der Waals surface area (Å²) in [5.74, 6) is 1.16. The second-order valence-electron chi connectivity index (χ2n) is 9.10. The van der Waals surface area contributed by atoms with Gasteiger partial charge >= 0.3 is 0 Å². The number of benzene rings is 3. The number of rotatable bonds is 9. The molecule has 0 aliphatic rings. The number of carbonyl (C=O) groups excluding carboxylic acids is 1. The second kappa shape index (κ2) is 12.5. The number of hydrogen-bond acceptors (Lipinski definition) is 4. The molecule has 3 rings (SSSR count). The minimum atomic E-state index is -0.168. The Bertz CT molecular complexity index is 1170. The van der Waals surface area contributed by atoms with E-state index in [9.17, 15) is 4.79 Å². The van der Waals surface area contributed by atoms with Gasteiger partial charge in [-0.15, -0.1) is 0 Å². The van der Waals surface area contributed by atoms with E-state index in [2.05, 4.69) is 82.0 Å². The van der Waals surface area contributed by atoms with Gasteiger partial charge in [-0.3, -0.25) is 4.79 Å². The summed E-state index contributed by atoms with van der Waals surface area (Å²) in [6, 6.07) is 19.9. The summed E-state index contributed by atoms with van der Waals surface area (Å²) in [4.78, 5) is 12.3. The largest absolute Gasteiger partial charge is 0.490 e. The summed E-state index contributed by atoms with van der Waals surface area (Å²) in [6.45, 7) is 9.38. The zero-order valence-corrected chi connectivity index (χ0v) is 24.1. The number of hydrogen-bond donors (Lipinski definition) is 1. The molecular weight excluding hydrogens is 619 g/mol. The highest BCUT2D eigenvalue weighted by Gasteiger charge is 2.14. The van der Waals surface area contributed by atoms with Crippen LogP contribution in [0.1, 0.15) is 49.9 Å². The fourth-order valence-electron chi connectivity index (χ4n) is 3.33. The van der Waals surface area contributed by atoms with Crippen molar-refractivity contribution in [1.29, 1.82) is 0 Å². The smallest absolute Gasteiger partial charge is 0.244 e. The lowest BCUT2D eigenvalue weighted by atomic mass is 9.86. The van der Waals surface area contributed by atoms with E-state index in [0.29, 0.717) is 24.7 Å². The van der Waals surface area contributed by atoms with Gasteiger partial charge < -0.3 is 9.47 Å². The van der Waals surface area contributed by atoms with Gasteiger partial charge in [-0.2, -0.15) is 5.10 Å². The monoisotopic (exact) mass is 648 g/mol. The van der Waals surface area contributed by atoms with E-state index in [1.54, 1.807) is 6.21 Å². The molecule has 0 radical (unpaired) electrons. The Labute approximate surface area is 229 Å². The number of ether oxygens (including phenoxy) is 2. The zero-order valence-electron chi connectivity index (χ0n) is 20.4. The number of nitrogens with zero attached hydrogens (tertiary/aromatic N) is 1. The Morgan fingerprint density at radius 2 is 1.69 bits per heavy atom. The first-order chi connectivity index (χ1) is 16.7. The Hall–Kier alpha value is -2.39. The first-order valence-corrected chi connectivity index (χ1v) is 13.3. The number of nitrogens with one attached hydrogen (secondary N) is 1. The van der Waals surface area contributed by atoms with E-state index in [1.807, 2.05) is 55.5 Å². The van der Waals surface area contributed by atoms with Crippen LogP contribution in [-0.4, -0.2) is 18.7 Å². The topological polar surface area (TPSA) is 59.9 Å². The molecular formula is C28H30BrIN2O3. The molecule has 0 saturated heterocycles. The Kier molecular flexibility index (Phi) is 9.74. The maximum absolute atomic E-state index is 12.3. The molecule has 7 heteroatoms. The van der Waals surface area contributed by atoms with E-state index < -0.39 is 0 Å². The molecule has 0 spiro atoms. The molecule has 0 saturated carbocycles. The third kappa shape index (κ3) is 8.35. The van der Waals surface area contributed by atoms with E-state index in [-0.39, 0.29) is 17.7 Å². The molecule has 5 nitrogen and oxygen atoms in total. The summed E-state index contributed by atoms with van der Waals surface area (Å²) in [5.41, 5.74) is 6.76. The van der Waals surface area contributed by atoms with Crippen LogP contribution >= 0.6 is 38.5 Å². The highest BCUT2D eigenvalue weighted by atomic mass is 127. The van der Waals surface area contributed by atoms with Crippen LogP contribution < -0.4 is 14.9 Å². The van der Waals surface area contributed by atoms with Crippen molar-refractivity contribution in [2.24, 2.45) is 5.10 Å². The average Bonchev–Trinajstić information content (AvgIpc) is 2.80. The van der Waals surface area contributed by atoms with Crippen LogP contribution in [0.3, 0.4) is 0 Å². The summed E-state index contributed by atoms with van der Waals surface area (Å²) < 4.78 is 13.8. The first-order valence-electron chi connectivity index (χ1n) is 11.4. The summed E-state index contributed by atoms with van der Waals surface area (Å²) in [6.07, 6.45) is 1.89. The van der Waals surface area contributed by atoms with Gasteiger partial charge in [0, 0.05) is 4.47 Å². The van der Waals surface area contributed by atoms with Crippen molar-refractivity contribution in [2.45, 2.75) is 46.1 Å². The van der Waals surface area contributed by atoms with Crippen molar-refractivity contribution in [1.82, 2.24) is 5.43 Å². The van der Waals surface area contributed by atoms with E-state index in [4.69, 9.17) is 9.47 Å². The van der Waals surface area contributed by atoms with Crippen LogP contribution in [0.15, 0.2) is 70.2 Å². The fraction of sp³-hybridized carbons (Fsp3) is 0.286. The molecule has 3 aromatic carbocycles. The Morgan fingerprint density at radius 1 is 1.03 bits per heavy atom. The number of hydrazone groups is 1. The molecule has 0 bridgehead atoms. The SMILES string of the molecule is CCOc1cc(/C=N\NC(=O)Cc2ccc(C(C)(C)C)cc2)cc(I)c1OCc1ccc(Br)cc1. The molecule has 35 heavy (non-hydrogen) atoms. The van der Waals surface area contributed by atoms with Crippen molar-refractivity contribution in [3.63, 3.8) is 0 Å². The average molecular weight is 649 g/mol. The maximum atomic E-state index is 12.3. The molecule has 0 atom stereocenters. The molecule has 0 aromatic heterocycles. The maximum Gasteiger partial charge on any atom is 0.244 e. The summed E-state index contributed by atoms with van der Waals surface area (Å²) >= 11 is 5.67. The molecule has 0 aliphatic carbocycles. The van der Waals surface area contributed by atoms with Gasteiger partial charge in [0.15, 0.2) is 11.5 Å². The molecule has 0 unspecified atom stereocenters. The number of carbonyl (C=O) groups is 1. The standard InChI is InChI=1S/C28H30BrIN2O3/c1-5-34-25-15-21(14-24(30)27(25)35-18-20-8-12-23(29)13-9-20)17-31-32-26(33)16-19-6-10-22(11-7-19)28(2,3)4/h6-15,17H,5,16,18H2,1-4H3,(H,32,33)/b31-17-. The Balaban J connectivity index is 1.63. The highest BCUT2D eigenvalue weighted by Crippen LogP contribution is 2.34. The van der Waals surface area contributed by atoms with Crippen LogP contribution in [0, 0.1) is 3.57 Å². The zero-order chi connectivity index (χ0) is 25.4. The van der Waals surface area contributed by atoms with Crippen LogP contribution in [0.5, 0.6) is 11.5 Å². The van der Waals surface area contributed by atoms with Gasteiger partial charge in [-0.05, 0) is 81.4 Å². The van der Waals surface area contributed by atoms with Gasteiger partial charge in [0.25, 0.3) is 0 Å². The highest BCUT2D eigenvalue weighted by molar-refractivity contribution is 14.1. The van der Waals surface area contributed by atoms with Crippen LogP contribution in [-0.2, 0) is 23.2 Å². The molecule has 0 heterocycles. The minimum Gasteiger partial charge on any atom is -0.490 e. The van der Waals surface area contributed by atoms with E-state index in [1.165, 1.54) is 5.56 Å². The first kappa shape index (κ1) is 27.2. The van der Waals surface area contributed by atoms with Gasteiger partial charge in [0.05, 0.1) is 22.8 Å². The molecule has 3 aromatic rings. The summed E-state index contributed by atoms with van der Waals surface area (Å²) in [5, 5.41) is 4.14. The normalized spacial score (nSPS) is 11.5. The third-order valence-electron chi connectivity index (χ3n) is 5.22. The van der Waals surface area contributed by atoms with Crippen LogP contribution in [0.25, 0.3) is 0 Å². The van der Waals surface area contributed by atoms with Gasteiger partial charge in [0.1, 0.15) is 6.61 Å². The predicted octanol–water partition coefficient (Wildman–Crippen LogP) is 7.02. The van der Waals surface area contributed by atoms with Gasteiger partial charge in [-0.1, -0.05) is 73.1 Å². The van der Waals surface area contributed by atoms with Gasteiger partial charge in [0.2, 0.25) is 5.91 Å². The lowest BCUT2D eigenvalue weighted by Crippen LogP contribution is -2.20. The predicted molar refractivity (Wildman–Crippen MR) is 153 cm³/mol. The van der Waals surface area contributed by atoms with E-state index in [0.717, 1.165) is 24.7 Å². The van der Waals surface area contributed by atoms with Crippen LogP contribution in [0.4, 0.5) is 0 Å². The van der Waals surface area contributed by atoms with Crippen molar-refractivity contribution < 1.29 is 14.3 Å². The fourth-order valence-corrected chi connectivity index (χ4v) is 4.37. The lowest BCUT2D eigenvalue weighted by Gasteiger charge is -2.19. The number of halogens is 2. The minimum absolute atomic E-state index is 0.0858. The lowest BCUT2D eigenvalue weighted by molar-refractivity contribution is -0.120. The van der Waals surface area contributed by atoms with Crippen molar-refractivity contribution in [3.8, 4) is 11.5 Å². The quantitative estimate of drug-likeness (QED) is 0.154. The molecule has 0 fully saturated rings. The molecule has 0 aliphatic heterocycles. The number of amides is 1. The van der Waals surface area contributed by atoms with Crippen molar-refractivity contribution in [2.75, 3.05) is 6.61 Å². The second-order valence-corrected chi connectivity index (χ2v) is 11.2. The molecule has 1 amide bonds. The van der Waals surface area contributed by atoms with Gasteiger partial charge in [-0.25, -0.2) is 5.43 Å². The Morgan fingerprint density at radius 3 is 2.31 bits per heavy atom. The third-order valence-corrected chi connectivity index (χ3v) is 6.55. The molecule has 184 valence electrons.